The maximum absolute atomic E-state index is 11.3. The van der Waals surface area contributed by atoms with Crippen LogP contribution in [0.5, 0.6) is 0 Å². The van der Waals surface area contributed by atoms with Crippen molar-refractivity contribution in [1.29, 1.82) is 0 Å². The molecule has 4 nitrogen and oxygen atoms in total. The van der Waals surface area contributed by atoms with E-state index in [0.717, 1.165) is 23.1 Å². The predicted molar refractivity (Wildman–Crippen MR) is 89.9 cm³/mol. The number of benzene rings is 1. The van der Waals surface area contributed by atoms with E-state index >= 15 is 0 Å². The Morgan fingerprint density at radius 1 is 1.18 bits per heavy atom. The first-order valence-electron chi connectivity index (χ1n) is 6.88. The SMILES string of the molecule is CC(=O)CSc1nnc(Cc2cccs2)n1-c1ccccc1. The summed E-state index contributed by atoms with van der Waals surface area (Å²) in [5.41, 5.74) is 1.02. The van der Waals surface area contributed by atoms with E-state index in [9.17, 15) is 4.79 Å². The molecule has 2 aromatic heterocycles. The number of rotatable bonds is 6. The molecule has 0 unspecified atom stereocenters. The molecule has 0 N–H and O–H groups in total. The Hall–Kier alpha value is -1.92. The lowest BCUT2D eigenvalue weighted by Gasteiger charge is -2.09. The summed E-state index contributed by atoms with van der Waals surface area (Å²) in [5, 5.41) is 11.4. The molecule has 0 aliphatic heterocycles. The van der Waals surface area contributed by atoms with E-state index < -0.39 is 0 Å². The van der Waals surface area contributed by atoms with Crippen LogP contribution in [0.2, 0.25) is 0 Å². The van der Waals surface area contributed by atoms with Crippen LogP contribution < -0.4 is 0 Å². The smallest absolute Gasteiger partial charge is 0.196 e. The minimum Gasteiger partial charge on any atom is -0.299 e. The molecule has 0 bridgehead atoms. The minimum atomic E-state index is 0.132. The van der Waals surface area contributed by atoms with Crippen molar-refractivity contribution < 1.29 is 4.79 Å². The maximum atomic E-state index is 11.3. The molecule has 0 saturated heterocycles. The number of hydrogen-bond donors (Lipinski definition) is 0. The number of carbonyl (C=O) groups is 1. The Balaban J connectivity index is 1.97. The molecule has 0 saturated carbocycles. The quantitative estimate of drug-likeness (QED) is 0.648. The Morgan fingerprint density at radius 2 is 2.00 bits per heavy atom. The van der Waals surface area contributed by atoms with Gasteiger partial charge < -0.3 is 0 Å². The second-order valence-electron chi connectivity index (χ2n) is 4.82. The van der Waals surface area contributed by atoms with Crippen LogP contribution in [0, 0.1) is 0 Å². The Morgan fingerprint density at radius 3 is 2.68 bits per heavy atom. The van der Waals surface area contributed by atoms with Gasteiger partial charge in [0.15, 0.2) is 5.16 Å². The molecule has 0 amide bonds. The van der Waals surface area contributed by atoms with Gasteiger partial charge in [-0.1, -0.05) is 36.0 Å². The van der Waals surface area contributed by atoms with Gasteiger partial charge in [-0.15, -0.1) is 21.5 Å². The lowest BCUT2D eigenvalue weighted by atomic mass is 10.3. The van der Waals surface area contributed by atoms with Crippen LogP contribution in [0.15, 0.2) is 53.0 Å². The normalized spacial score (nSPS) is 10.8. The van der Waals surface area contributed by atoms with Gasteiger partial charge in [0.25, 0.3) is 0 Å². The van der Waals surface area contributed by atoms with Crippen molar-refractivity contribution in [3.63, 3.8) is 0 Å². The standard InChI is InChI=1S/C16H15N3OS2/c1-12(20)11-22-16-18-17-15(10-14-8-5-9-21-14)19(16)13-6-3-2-4-7-13/h2-9H,10-11H2,1H3. The highest BCUT2D eigenvalue weighted by Crippen LogP contribution is 2.24. The van der Waals surface area contributed by atoms with E-state index in [1.54, 1.807) is 18.3 Å². The van der Waals surface area contributed by atoms with Gasteiger partial charge in [0.05, 0.1) is 5.75 Å². The van der Waals surface area contributed by atoms with Crippen molar-refractivity contribution in [3.8, 4) is 5.69 Å². The summed E-state index contributed by atoms with van der Waals surface area (Å²) in [4.78, 5) is 12.5. The van der Waals surface area contributed by atoms with E-state index in [0.29, 0.717) is 5.75 Å². The van der Waals surface area contributed by atoms with Crippen molar-refractivity contribution in [2.24, 2.45) is 0 Å². The molecule has 112 valence electrons. The number of nitrogens with zero attached hydrogens (tertiary/aromatic N) is 3. The number of thiophene rings is 1. The number of aromatic nitrogens is 3. The van der Waals surface area contributed by atoms with Gasteiger partial charge >= 0.3 is 0 Å². The fraction of sp³-hybridized carbons (Fsp3) is 0.188. The van der Waals surface area contributed by atoms with E-state index in [1.807, 2.05) is 41.0 Å². The maximum Gasteiger partial charge on any atom is 0.196 e. The zero-order valence-electron chi connectivity index (χ0n) is 12.1. The van der Waals surface area contributed by atoms with Crippen molar-refractivity contribution in [2.45, 2.75) is 18.5 Å². The summed E-state index contributed by atoms with van der Waals surface area (Å²) in [6.07, 6.45) is 0.736. The summed E-state index contributed by atoms with van der Waals surface area (Å²) in [6.45, 7) is 1.59. The number of hydrogen-bond acceptors (Lipinski definition) is 5. The van der Waals surface area contributed by atoms with Crippen LogP contribution in [0.25, 0.3) is 5.69 Å². The number of Topliss-reactive ketones (excluding diaryl/α,β-unsaturated/α-hetero) is 1. The summed E-state index contributed by atoms with van der Waals surface area (Å²) >= 11 is 3.13. The van der Waals surface area contributed by atoms with Gasteiger partial charge in [-0.3, -0.25) is 9.36 Å². The van der Waals surface area contributed by atoms with Crippen molar-refractivity contribution in [1.82, 2.24) is 14.8 Å². The number of para-hydroxylation sites is 1. The first-order chi connectivity index (χ1) is 10.7. The molecule has 0 atom stereocenters. The molecule has 0 fully saturated rings. The lowest BCUT2D eigenvalue weighted by molar-refractivity contribution is -0.114. The molecule has 3 aromatic rings. The van der Waals surface area contributed by atoms with Gasteiger partial charge in [-0.25, -0.2) is 0 Å². The summed E-state index contributed by atoms with van der Waals surface area (Å²) < 4.78 is 2.04. The third kappa shape index (κ3) is 3.45. The number of ketones is 1. The molecule has 3 rings (SSSR count). The third-order valence-corrected chi connectivity index (χ3v) is 4.98. The van der Waals surface area contributed by atoms with Crippen LogP contribution in [0.4, 0.5) is 0 Å². The van der Waals surface area contributed by atoms with E-state index in [-0.39, 0.29) is 5.78 Å². The van der Waals surface area contributed by atoms with E-state index in [1.165, 1.54) is 16.6 Å². The fourth-order valence-electron chi connectivity index (χ4n) is 2.08. The van der Waals surface area contributed by atoms with Gasteiger partial charge in [0.1, 0.15) is 11.6 Å². The lowest BCUT2D eigenvalue weighted by Crippen LogP contribution is -2.04. The highest BCUT2D eigenvalue weighted by atomic mass is 32.2. The second kappa shape index (κ2) is 6.89. The zero-order chi connectivity index (χ0) is 15.4. The van der Waals surface area contributed by atoms with Gasteiger partial charge in [0, 0.05) is 17.0 Å². The van der Waals surface area contributed by atoms with Gasteiger partial charge in [0.2, 0.25) is 0 Å². The van der Waals surface area contributed by atoms with E-state index in [2.05, 4.69) is 21.6 Å². The monoisotopic (exact) mass is 329 g/mol. The first-order valence-corrected chi connectivity index (χ1v) is 8.75. The minimum absolute atomic E-state index is 0.132. The second-order valence-corrected chi connectivity index (χ2v) is 6.79. The molecule has 2 heterocycles. The largest absolute Gasteiger partial charge is 0.299 e. The van der Waals surface area contributed by atoms with E-state index in [4.69, 9.17) is 0 Å². The predicted octanol–water partition coefficient (Wildman–Crippen LogP) is 3.60. The topological polar surface area (TPSA) is 47.8 Å². The number of carbonyl (C=O) groups excluding carboxylic acids is 1. The highest BCUT2D eigenvalue weighted by molar-refractivity contribution is 7.99. The van der Waals surface area contributed by atoms with Crippen LogP contribution in [-0.4, -0.2) is 26.3 Å². The summed E-state index contributed by atoms with van der Waals surface area (Å²) in [5.74, 6) is 1.43. The Kier molecular flexibility index (Phi) is 4.70. The molecule has 0 aliphatic carbocycles. The molecule has 1 aromatic carbocycles. The van der Waals surface area contributed by atoms with Crippen molar-refractivity contribution in [3.05, 3.63) is 58.5 Å². The summed E-state index contributed by atoms with van der Waals surface area (Å²) in [7, 11) is 0. The molecule has 0 spiro atoms. The van der Waals surface area contributed by atoms with Crippen molar-refractivity contribution >= 4 is 28.9 Å². The van der Waals surface area contributed by atoms with Crippen LogP contribution >= 0.6 is 23.1 Å². The first kappa shape index (κ1) is 15.0. The van der Waals surface area contributed by atoms with Crippen LogP contribution in [0.1, 0.15) is 17.6 Å². The average Bonchev–Trinajstić information content (AvgIpc) is 3.16. The highest BCUT2D eigenvalue weighted by Gasteiger charge is 2.15. The van der Waals surface area contributed by atoms with Gasteiger partial charge in [-0.05, 0) is 30.5 Å². The molecule has 0 radical (unpaired) electrons. The van der Waals surface area contributed by atoms with Crippen LogP contribution in [-0.2, 0) is 11.2 Å². The Labute approximate surface area is 137 Å². The molecule has 6 heteroatoms. The Bertz CT molecular complexity index is 751. The fourth-order valence-corrected chi connectivity index (χ4v) is 3.55. The van der Waals surface area contributed by atoms with Crippen LogP contribution in [0.3, 0.4) is 0 Å². The third-order valence-electron chi connectivity index (χ3n) is 3.03. The molecular formula is C16H15N3OS2. The number of thioether (sulfide) groups is 1. The average molecular weight is 329 g/mol. The molecule has 0 aliphatic rings. The molecule has 22 heavy (non-hydrogen) atoms. The van der Waals surface area contributed by atoms with Crippen molar-refractivity contribution in [2.75, 3.05) is 5.75 Å². The summed E-state index contributed by atoms with van der Waals surface area (Å²) in [6, 6.07) is 14.1. The zero-order valence-corrected chi connectivity index (χ0v) is 13.7. The van der Waals surface area contributed by atoms with Gasteiger partial charge in [-0.2, -0.15) is 0 Å². The molecular weight excluding hydrogens is 314 g/mol.